The lowest BCUT2D eigenvalue weighted by Crippen LogP contribution is -2.57. The molecule has 1 aliphatic heterocycles. The molecule has 0 amide bonds. The zero-order valence-electron chi connectivity index (χ0n) is 8.98. The topological polar surface area (TPSA) is 36.9 Å². The molecule has 1 heterocycles. The first-order valence-electron chi connectivity index (χ1n) is 4.63. The largest absolute Gasteiger partial charge is 0.377 e. The van der Waals surface area contributed by atoms with Gasteiger partial charge in [0.1, 0.15) is 12.2 Å². The fraction of sp³-hybridized carbons (Fsp3) is 1.00. The Bertz CT molecular complexity index is 193. The van der Waals surface area contributed by atoms with Crippen LogP contribution < -0.4 is 0 Å². The molecule has 1 aliphatic rings. The fourth-order valence-corrected chi connectivity index (χ4v) is 2.44. The van der Waals surface area contributed by atoms with Crippen molar-refractivity contribution in [3.63, 3.8) is 0 Å². The van der Waals surface area contributed by atoms with Crippen LogP contribution >= 0.6 is 23.2 Å². The Balaban J connectivity index is 2.78. The number of rotatable bonds is 4. The van der Waals surface area contributed by atoms with Gasteiger partial charge in [0.25, 0.3) is 0 Å². The summed E-state index contributed by atoms with van der Waals surface area (Å²) in [5, 5.41) is -0.344. The van der Waals surface area contributed by atoms with Crippen molar-refractivity contribution in [2.45, 2.75) is 30.0 Å². The molecule has 15 heavy (non-hydrogen) atoms. The summed E-state index contributed by atoms with van der Waals surface area (Å²) < 4.78 is 21.3. The molecule has 0 spiro atoms. The molecule has 6 heteroatoms. The molecule has 1 saturated heterocycles. The van der Waals surface area contributed by atoms with E-state index >= 15 is 0 Å². The Hall–Kier alpha value is 0.420. The van der Waals surface area contributed by atoms with E-state index in [0.29, 0.717) is 5.88 Å². The molecule has 90 valence electrons. The summed E-state index contributed by atoms with van der Waals surface area (Å²) in [6.45, 7) is 0. The van der Waals surface area contributed by atoms with Crippen LogP contribution in [0.15, 0.2) is 0 Å². The summed E-state index contributed by atoms with van der Waals surface area (Å²) in [5.74, 6) is 0.296. The maximum Gasteiger partial charge on any atom is 0.186 e. The Morgan fingerprint density at radius 2 is 1.67 bits per heavy atom. The van der Waals surface area contributed by atoms with Crippen molar-refractivity contribution < 1.29 is 18.9 Å². The molecule has 0 saturated carbocycles. The predicted molar refractivity (Wildman–Crippen MR) is 57.6 cm³/mol. The molecular weight excluding hydrogens is 243 g/mol. The molecule has 1 fully saturated rings. The van der Waals surface area contributed by atoms with E-state index in [2.05, 4.69) is 0 Å². The Kier molecular flexibility index (Phi) is 5.60. The van der Waals surface area contributed by atoms with E-state index in [1.165, 1.54) is 0 Å². The maximum absolute atomic E-state index is 6.17. The van der Waals surface area contributed by atoms with Crippen molar-refractivity contribution in [1.82, 2.24) is 0 Å². The lowest BCUT2D eigenvalue weighted by molar-refractivity contribution is -0.261. The van der Waals surface area contributed by atoms with Gasteiger partial charge >= 0.3 is 0 Å². The van der Waals surface area contributed by atoms with Crippen LogP contribution in [0, 0.1) is 0 Å². The van der Waals surface area contributed by atoms with Gasteiger partial charge in [0.15, 0.2) is 6.29 Å². The van der Waals surface area contributed by atoms with E-state index in [1.807, 2.05) is 0 Å². The molecule has 0 aromatic heterocycles. The molecule has 4 nitrogen and oxygen atoms in total. The van der Waals surface area contributed by atoms with Crippen molar-refractivity contribution in [3.05, 3.63) is 0 Å². The highest BCUT2D eigenvalue weighted by Crippen LogP contribution is 2.29. The highest BCUT2D eigenvalue weighted by atomic mass is 35.5. The van der Waals surface area contributed by atoms with Crippen molar-refractivity contribution >= 4 is 23.2 Å². The molecule has 0 N–H and O–H groups in total. The standard InChI is InChI=1S/C9H16Cl2O4/c1-12-7-6(11)5(4-10)15-9(14-3)8(7)13-2/h5-9H,4H2,1-3H3/t5-,6+,7+,8-,9-/m1/s1. The zero-order valence-corrected chi connectivity index (χ0v) is 10.5. The molecule has 0 aliphatic carbocycles. The second kappa shape index (κ2) is 6.23. The lowest BCUT2D eigenvalue weighted by atomic mass is 10.0. The van der Waals surface area contributed by atoms with E-state index < -0.39 is 6.29 Å². The van der Waals surface area contributed by atoms with Gasteiger partial charge in [0, 0.05) is 21.3 Å². The maximum atomic E-state index is 6.17. The van der Waals surface area contributed by atoms with Crippen molar-refractivity contribution in [3.8, 4) is 0 Å². The van der Waals surface area contributed by atoms with Crippen LogP contribution in [0.2, 0.25) is 0 Å². The van der Waals surface area contributed by atoms with Crippen molar-refractivity contribution in [2.24, 2.45) is 0 Å². The van der Waals surface area contributed by atoms with Gasteiger partial charge < -0.3 is 18.9 Å². The van der Waals surface area contributed by atoms with Gasteiger partial charge in [0.2, 0.25) is 0 Å². The van der Waals surface area contributed by atoms with Crippen LogP contribution in [0.25, 0.3) is 0 Å². The zero-order chi connectivity index (χ0) is 11.4. The molecule has 1 rings (SSSR count). The Labute approximate surface area is 99.7 Å². The third-order valence-electron chi connectivity index (χ3n) is 2.50. The van der Waals surface area contributed by atoms with Crippen LogP contribution in [0.1, 0.15) is 0 Å². The SMILES string of the molecule is CO[C@@H]1O[C@H](CCl)[C@H](Cl)[C@H](OC)[C@H]1OC. The first kappa shape index (κ1) is 13.5. The van der Waals surface area contributed by atoms with Gasteiger partial charge in [0.05, 0.1) is 17.4 Å². The third kappa shape index (κ3) is 2.75. The highest BCUT2D eigenvalue weighted by molar-refractivity contribution is 6.23. The molecule has 0 bridgehead atoms. The third-order valence-corrected chi connectivity index (χ3v) is 3.33. The Morgan fingerprint density at radius 3 is 2.07 bits per heavy atom. The first-order chi connectivity index (χ1) is 7.19. The normalized spacial score (nSPS) is 41.8. The predicted octanol–water partition coefficient (Wildman–Crippen LogP) is 1.23. The average molecular weight is 259 g/mol. The molecule has 0 aromatic carbocycles. The summed E-state index contributed by atoms with van der Waals surface area (Å²) in [6.07, 6.45) is -1.44. The van der Waals surface area contributed by atoms with Gasteiger partial charge in [-0.3, -0.25) is 0 Å². The molecule has 0 unspecified atom stereocenters. The number of halogens is 2. The summed E-state index contributed by atoms with van der Waals surface area (Å²) in [4.78, 5) is 0. The van der Waals surface area contributed by atoms with E-state index in [0.717, 1.165) is 0 Å². The summed E-state index contributed by atoms with van der Waals surface area (Å²) in [6, 6.07) is 0. The van der Waals surface area contributed by atoms with E-state index in [9.17, 15) is 0 Å². The molecular formula is C9H16Cl2O4. The van der Waals surface area contributed by atoms with Gasteiger partial charge in [-0.05, 0) is 0 Å². The quantitative estimate of drug-likeness (QED) is 0.712. The lowest BCUT2D eigenvalue weighted by Gasteiger charge is -2.42. The monoisotopic (exact) mass is 258 g/mol. The highest BCUT2D eigenvalue weighted by Gasteiger charge is 2.45. The van der Waals surface area contributed by atoms with Crippen LogP contribution in [-0.4, -0.2) is 57.2 Å². The van der Waals surface area contributed by atoms with E-state index in [1.54, 1.807) is 21.3 Å². The number of hydrogen-bond donors (Lipinski definition) is 0. The fourth-order valence-electron chi connectivity index (χ4n) is 1.69. The average Bonchev–Trinajstić information content (AvgIpc) is 2.28. The Morgan fingerprint density at radius 1 is 1.07 bits per heavy atom. The van der Waals surface area contributed by atoms with Crippen LogP contribution in [-0.2, 0) is 18.9 Å². The van der Waals surface area contributed by atoms with E-state index in [4.69, 9.17) is 42.1 Å². The number of methoxy groups -OCH3 is 3. The minimum atomic E-state index is -0.501. The van der Waals surface area contributed by atoms with E-state index in [-0.39, 0.29) is 23.7 Å². The van der Waals surface area contributed by atoms with Gasteiger partial charge in [-0.2, -0.15) is 0 Å². The number of hydrogen-bond acceptors (Lipinski definition) is 4. The minimum absolute atomic E-state index is 0.292. The minimum Gasteiger partial charge on any atom is -0.377 e. The summed E-state index contributed by atoms with van der Waals surface area (Å²) >= 11 is 11.9. The molecule has 5 atom stereocenters. The molecule has 0 aromatic rings. The van der Waals surface area contributed by atoms with Gasteiger partial charge in [-0.1, -0.05) is 0 Å². The summed E-state index contributed by atoms with van der Waals surface area (Å²) in [7, 11) is 4.69. The smallest absolute Gasteiger partial charge is 0.186 e. The van der Waals surface area contributed by atoms with Crippen molar-refractivity contribution in [2.75, 3.05) is 27.2 Å². The van der Waals surface area contributed by atoms with Gasteiger partial charge in [-0.15, -0.1) is 23.2 Å². The number of alkyl halides is 2. The van der Waals surface area contributed by atoms with Crippen LogP contribution in [0.5, 0.6) is 0 Å². The second-order valence-electron chi connectivity index (χ2n) is 3.28. The van der Waals surface area contributed by atoms with Crippen LogP contribution in [0.3, 0.4) is 0 Å². The van der Waals surface area contributed by atoms with Gasteiger partial charge in [-0.25, -0.2) is 0 Å². The van der Waals surface area contributed by atoms with Crippen LogP contribution in [0.4, 0.5) is 0 Å². The molecule has 0 radical (unpaired) electrons. The number of ether oxygens (including phenoxy) is 4. The summed E-state index contributed by atoms with van der Waals surface area (Å²) in [5.41, 5.74) is 0. The second-order valence-corrected chi connectivity index (χ2v) is 4.09. The first-order valence-corrected chi connectivity index (χ1v) is 5.60. The van der Waals surface area contributed by atoms with Crippen molar-refractivity contribution in [1.29, 1.82) is 0 Å².